The Bertz CT molecular complexity index is 1180. The van der Waals surface area contributed by atoms with Gasteiger partial charge in [0.25, 0.3) is 0 Å². The summed E-state index contributed by atoms with van der Waals surface area (Å²) in [6.07, 6.45) is 1.64. The number of carbonyl (C=O) groups is 1. The molecule has 158 valence electrons. The van der Waals surface area contributed by atoms with E-state index in [0.717, 1.165) is 28.6 Å². The molecule has 1 aromatic heterocycles. The van der Waals surface area contributed by atoms with Gasteiger partial charge in [-0.3, -0.25) is 0 Å². The molecule has 0 spiro atoms. The molecule has 4 nitrogen and oxygen atoms in total. The van der Waals surface area contributed by atoms with E-state index in [9.17, 15) is 9.18 Å². The van der Waals surface area contributed by atoms with E-state index in [-0.39, 0.29) is 5.82 Å². The highest BCUT2D eigenvalue weighted by molar-refractivity contribution is 5.99. The fraction of sp³-hybridized carbons (Fsp3) is 0.192. The average molecular weight is 416 g/mol. The number of rotatable bonds is 6. The van der Waals surface area contributed by atoms with Crippen molar-refractivity contribution in [2.75, 3.05) is 13.1 Å². The van der Waals surface area contributed by atoms with Gasteiger partial charge in [0.15, 0.2) is 0 Å². The molecule has 1 amide bonds. The molecule has 0 bridgehead atoms. The Kier molecular flexibility index (Phi) is 6.03. The van der Waals surface area contributed by atoms with E-state index in [2.05, 4.69) is 16.7 Å². The first-order valence-corrected chi connectivity index (χ1v) is 10.5. The fourth-order valence-corrected chi connectivity index (χ4v) is 3.81. The van der Waals surface area contributed by atoms with Gasteiger partial charge in [0, 0.05) is 42.3 Å². The molecule has 0 fully saturated rings. The third kappa shape index (κ3) is 4.31. The molecule has 0 aliphatic heterocycles. The maximum atomic E-state index is 13.6. The molecular weight excluding hydrogens is 391 g/mol. The summed E-state index contributed by atoms with van der Waals surface area (Å²) in [6.45, 7) is 5.69. The maximum absolute atomic E-state index is 13.6. The third-order valence-electron chi connectivity index (χ3n) is 5.46. The minimum atomic E-state index is -0.392. The lowest BCUT2D eigenvalue weighted by Gasteiger charge is -2.20. The van der Waals surface area contributed by atoms with Crippen LogP contribution in [0.2, 0.25) is 0 Å². The van der Waals surface area contributed by atoms with Gasteiger partial charge in [-0.05, 0) is 55.3 Å². The van der Waals surface area contributed by atoms with Crippen molar-refractivity contribution in [3.63, 3.8) is 0 Å². The highest BCUT2D eigenvalue weighted by atomic mass is 19.1. The Morgan fingerprint density at radius 2 is 1.65 bits per heavy atom. The summed E-state index contributed by atoms with van der Waals surface area (Å²) in [5.41, 5.74) is 3.79. The molecule has 1 heterocycles. The smallest absolute Gasteiger partial charge is 0.410 e. The van der Waals surface area contributed by atoms with E-state index >= 15 is 0 Å². The van der Waals surface area contributed by atoms with E-state index in [1.54, 1.807) is 17.0 Å². The van der Waals surface area contributed by atoms with Crippen LogP contribution in [0.3, 0.4) is 0 Å². The SMILES string of the molecule is CCN(CC)C(=O)Oc1ccc2c(ccn2Cc2ccccc2)c1-c1ccc(F)cc1. The summed E-state index contributed by atoms with van der Waals surface area (Å²) in [4.78, 5) is 14.3. The Morgan fingerprint density at radius 1 is 0.935 bits per heavy atom. The first kappa shape index (κ1) is 20.7. The Morgan fingerprint density at radius 3 is 2.32 bits per heavy atom. The van der Waals surface area contributed by atoms with Crippen LogP contribution in [0.5, 0.6) is 5.75 Å². The van der Waals surface area contributed by atoms with Crippen molar-refractivity contribution < 1.29 is 13.9 Å². The van der Waals surface area contributed by atoms with E-state index in [1.807, 2.05) is 56.4 Å². The predicted molar refractivity (Wildman–Crippen MR) is 122 cm³/mol. The molecule has 0 aliphatic carbocycles. The third-order valence-corrected chi connectivity index (χ3v) is 5.46. The second-order valence-corrected chi connectivity index (χ2v) is 7.35. The van der Waals surface area contributed by atoms with Crippen molar-refractivity contribution >= 4 is 17.0 Å². The molecule has 4 rings (SSSR count). The lowest BCUT2D eigenvalue weighted by atomic mass is 10.0. The minimum absolute atomic E-state index is 0.306. The van der Waals surface area contributed by atoms with E-state index in [4.69, 9.17) is 4.74 Å². The van der Waals surface area contributed by atoms with Gasteiger partial charge in [-0.25, -0.2) is 9.18 Å². The van der Waals surface area contributed by atoms with Gasteiger partial charge in [0.1, 0.15) is 11.6 Å². The zero-order valence-corrected chi connectivity index (χ0v) is 17.7. The number of ether oxygens (including phenoxy) is 1. The largest absolute Gasteiger partial charge is 0.415 e. The summed E-state index contributed by atoms with van der Waals surface area (Å²) in [6, 6.07) is 22.3. The quantitative estimate of drug-likeness (QED) is 0.368. The first-order chi connectivity index (χ1) is 15.1. The van der Waals surface area contributed by atoms with Gasteiger partial charge in [-0.1, -0.05) is 42.5 Å². The molecule has 0 aliphatic rings. The zero-order chi connectivity index (χ0) is 21.8. The molecule has 0 radical (unpaired) electrons. The summed E-state index contributed by atoms with van der Waals surface area (Å²) < 4.78 is 21.5. The van der Waals surface area contributed by atoms with Crippen LogP contribution in [-0.2, 0) is 6.54 Å². The van der Waals surface area contributed by atoms with Crippen LogP contribution in [0.25, 0.3) is 22.0 Å². The van der Waals surface area contributed by atoms with E-state index in [1.165, 1.54) is 17.7 Å². The van der Waals surface area contributed by atoms with Crippen molar-refractivity contribution in [2.24, 2.45) is 0 Å². The number of amides is 1. The van der Waals surface area contributed by atoms with E-state index in [0.29, 0.717) is 18.8 Å². The molecular formula is C26H25FN2O2. The monoisotopic (exact) mass is 416 g/mol. The van der Waals surface area contributed by atoms with Crippen molar-refractivity contribution in [1.82, 2.24) is 9.47 Å². The van der Waals surface area contributed by atoms with Crippen LogP contribution in [0, 0.1) is 5.82 Å². The van der Waals surface area contributed by atoms with Crippen LogP contribution in [0.4, 0.5) is 9.18 Å². The van der Waals surface area contributed by atoms with Crippen molar-refractivity contribution in [2.45, 2.75) is 20.4 Å². The molecule has 31 heavy (non-hydrogen) atoms. The standard InChI is InChI=1S/C26H25FN2O2/c1-3-28(4-2)26(30)31-24-15-14-23-22(25(24)20-10-12-21(27)13-11-20)16-17-29(23)18-19-8-6-5-7-9-19/h5-17H,3-4,18H2,1-2H3. The molecule has 0 saturated heterocycles. The highest BCUT2D eigenvalue weighted by Crippen LogP contribution is 2.38. The van der Waals surface area contributed by atoms with Crippen molar-refractivity contribution in [3.05, 3.63) is 90.4 Å². The van der Waals surface area contributed by atoms with Gasteiger partial charge < -0.3 is 14.2 Å². The number of hydrogen-bond acceptors (Lipinski definition) is 2. The van der Waals surface area contributed by atoms with Gasteiger partial charge in [0.2, 0.25) is 0 Å². The molecule has 0 unspecified atom stereocenters. The molecule has 0 N–H and O–H groups in total. The predicted octanol–water partition coefficient (Wildman–Crippen LogP) is 6.34. The topological polar surface area (TPSA) is 34.5 Å². The van der Waals surface area contributed by atoms with Crippen LogP contribution in [0.1, 0.15) is 19.4 Å². The van der Waals surface area contributed by atoms with Crippen LogP contribution >= 0.6 is 0 Å². The number of halogens is 1. The number of nitrogens with zero attached hydrogens (tertiary/aromatic N) is 2. The van der Waals surface area contributed by atoms with Crippen molar-refractivity contribution in [1.29, 1.82) is 0 Å². The highest BCUT2D eigenvalue weighted by Gasteiger charge is 2.19. The molecule has 5 heteroatoms. The van der Waals surface area contributed by atoms with Gasteiger partial charge in [-0.15, -0.1) is 0 Å². The first-order valence-electron chi connectivity index (χ1n) is 10.5. The van der Waals surface area contributed by atoms with Gasteiger partial charge in [-0.2, -0.15) is 0 Å². The number of fused-ring (bicyclic) bond motifs is 1. The summed E-state index contributed by atoms with van der Waals surface area (Å²) in [5.74, 6) is 0.160. The average Bonchev–Trinajstić information content (AvgIpc) is 3.18. The second-order valence-electron chi connectivity index (χ2n) is 7.35. The lowest BCUT2D eigenvalue weighted by Crippen LogP contribution is -2.33. The van der Waals surface area contributed by atoms with Gasteiger partial charge in [0.05, 0.1) is 0 Å². The molecule has 0 saturated carbocycles. The lowest BCUT2D eigenvalue weighted by molar-refractivity contribution is 0.157. The number of hydrogen-bond donors (Lipinski definition) is 0. The molecule has 4 aromatic rings. The minimum Gasteiger partial charge on any atom is -0.410 e. The number of carbonyl (C=O) groups excluding carboxylic acids is 1. The van der Waals surface area contributed by atoms with E-state index < -0.39 is 6.09 Å². The molecule has 3 aromatic carbocycles. The Labute approximate surface area is 181 Å². The van der Waals surface area contributed by atoms with Gasteiger partial charge >= 0.3 is 6.09 Å². The molecule has 0 atom stereocenters. The summed E-state index contributed by atoms with van der Waals surface area (Å²) in [7, 11) is 0. The van der Waals surface area contributed by atoms with Crippen LogP contribution in [0.15, 0.2) is 79.0 Å². The maximum Gasteiger partial charge on any atom is 0.415 e. The van der Waals surface area contributed by atoms with Crippen LogP contribution in [-0.4, -0.2) is 28.6 Å². The van der Waals surface area contributed by atoms with Crippen LogP contribution < -0.4 is 4.74 Å². The zero-order valence-electron chi connectivity index (χ0n) is 17.7. The summed E-state index contributed by atoms with van der Waals surface area (Å²) in [5, 5.41) is 0.951. The summed E-state index contributed by atoms with van der Waals surface area (Å²) >= 11 is 0. The number of aromatic nitrogens is 1. The second kappa shape index (κ2) is 9.04. The number of benzene rings is 3. The van der Waals surface area contributed by atoms with Crippen molar-refractivity contribution in [3.8, 4) is 16.9 Å². The normalized spacial score (nSPS) is 10.9. The Balaban J connectivity index is 1.81. The fourth-order valence-electron chi connectivity index (χ4n) is 3.81. The Hall–Kier alpha value is -3.60.